The second-order valence-electron chi connectivity index (χ2n) is 4.57. The topological polar surface area (TPSA) is 20.3 Å². The van der Waals surface area contributed by atoms with Crippen molar-refractivity contribution in [3.05, 3.63) is 64.1 Å². The Balaban J connectivity index is 2.01. The molecule has 2 aromatic carbocycles. The lowest BCUT2D eigenvalue weighted by Crippen LogP contribution is -2.28. The highest BCUT2D eigenvalue weighted by Gasteiger charge is 2.35. The Labute approximate surface area is 133 Å². The monoisotopic (exact) mass is 369 g/mol. The predicted octanol–water partition coefficient (Wildman–Crippen LogP) is 4.51. The third kappa shape index (κ3) is 2.82. The number of hydrogen-bond acceptors (Lipinski definition) is 2. The molecule has 0 radical (unpaired) electrons. The van der Waals surface area contributed by atoms with Crippen molar-refractivity contribution in [3.63, 3.8) is 0 Å². The fourth-order valence-electron chi connectivity index (χ4n) is 2.24. The highest BCUT2D eigenvalue weighted by atomic mass is 79.9. The minimum Gasteiger partial charge on any atom is -0.292 e. The van der Waals surface area contributed by atoms with Crippen molar-refractivity contribution in [1.29, 1.82) is 0 Å². The minimum atomic E-state index is -0.729. The van der Waals surface area contributed by atoms with Gasteiger partial charge in [0.15, 0.2) is 0 Å². The van der Waals surface area contributed by atoms with Crippen LogP contribution in [0.1, 0.15) is 10.9 Å². The first-order chi connectivity index (χ1) is 10.1. The first kappa shape index (κ1) is 14.5. The zero-order valence-electron chi connectivity index (χ0n) is 10.7. The van der Waals surface area contributed by atoms with Crippen molar-refractivity contribution in [3.8, 4) is 0 Å². The lowest BCUT2D eigenvalue weighted by Gasteiger charge is -2.24. The molecule has 21 heavy (non-hydrogen) atoms. The van der Waals surface area contributed by atoms with E-state index in [1.54, 1.807) is 0 Å². The number of thioether (sulfide) groups is 1. The molecular weight excluding hydrogens is 360 g/mol. The van der Waals surface area contributed by atoms with Crippen LogP contribution in [0, 0.1) is 11.6 Å². The quantitative estimate of drug-likeness (QED) is 0.776. The summed E-state index contributed by atoms with van der Waals surface area (Å²) < 4.78 is 28.0. The van der Waals surface area contributed by atoms with Crippen LogP contribution in [0.2, 0.25) is 0 Å². The van der Waals surface area contributed by atoms with E-state index in [1.165, 1.54) is 22.7 Å². The summed E-state index contributed by atoms with van der Waals surface area (Å²) in [5, 5.41) is -0.300. The fourth-order valence-corrected chi connectivity index (χ4v) is 3.67. The molecule has 0 saturated carbocycles. The molecule has 1 heterocycles. The summed E-state index contributed by atoms with van der Waals surface area (Å²) in [7, 11) is 0. The van der Waals surface area contributed by atoms with Gasteiger partial charge in [-0.2, -0.15) is 0 Å². The predicted molar refractivity (Wildman–Crippen MR) is 83.2 cm³/mol. The Morgan fingerprint density at radius 3 is 2.52 bits per heavy atom. The van der Waals surface area contributed by atoms with Crippen LogP contribution < -0.4 is 4.90 Å². The van der Waals surface area contributed by atoms with Crippen LogP contribution in [0.5, 0.6) is 0 Å². The SMILES string of the molecule is O=C1CSC(c2ccc(Br)cc2)N1c1ccc(F)cc1F. The smallest absolute Gasteiger partial charge is 0.238 e. The average Bonchev–Trinajstić information content (AvgIpc) is 2.82. The lowest BCUT2D eigenvalue weighted by atomic mass is 10.2. The Kier molecular flexibility index (Phi) is 3.99. The van der Waals surface area contributed by atoms with E-state index < -0.39 is 11.6 Å². The van der Waals surface area contributed by atoms with Gasteiger partial charge >= 0.3 is 0 Å². The number of carbonyl (C=O) groups excluding carboxylic acids is 1. The molecule has 0 bridgehead atoms. The molecule has 0 spiro atoms. The van der Waals surface area contributed by atoms with Crippen molar-refractivity contribution in [2.45, 2.75) is 5.37 Å². The van der Waals surface area contributed by atoms with Gasteiger partial charge in [0.1, 0.15) is 17.0 Å². The van der Waals surface area contributed by atoms with E-state index in [0.29, 0.717) is 0 Å². The van der Waals surface area contributed by atoms with Crippen LogP contribution in [0.25, 0.3) is 0 Å². The van der Waals surface area contributed by atoms with Crippen molar-refractivity contribution < 1.29 is 13.6 Å². The number of amides is 1. The molecule has 2 aromatic rings. The van der Waals surface area contributed by atoms with Crippen LogP contribution in [0.4, 0.5) is 14.5 Å². The molecular formula is C15H10BrF2NOS. The molecule has 1 saturated heterocycles. The third-order valence-corrected chi connectivity index (χ3v) is 4.93. The number of halogens is 3. The molecule has 1 fully saturated rings. The van der Waals surface area contributed by atoms with E-state index in [2.05, 4.69) is 15.9 Å². The number of anilines is 1. The Hall–Kier alpha value is -1.40. The highest BCUT2D eigenvalue weighted by molar-refractivity contribution is 9.10. The molecule has 3 rings (SSSR count). The zero-order chi connectivity index (χ0) is 15.0. The Bertz CT molecular complexity index is 693. The number of hydrogen-bond donors (Lipinski definition) is 0. The maximum atomic E-state index is 14.0. The summed E-state index contributed by atoms with van der Waals surface area (Å²) >= 11 is 4.78. The summed E-state index contributed by atoms with van der Waals surface area (Å²) in [6.07, 6.45) is 0. The highest BCUT2D eigenvalue weighted by Crippen LogP contribution is 2.42. The minimum absolute atomic E-state index is 0.110. The Morgan fingerprint density at radius 1 is 1.14 bits per heavy atom. The van der Waals surface area contributed by atoms with Gasteiger partial charge in [-0.3, -0.25) is 9.69 Å². The number of carbonyl (C=O) groups is 1. The normalized spacial score (nSPS) is 18.3. The molecule has 0 N–H and O–H groups in total. The molecule has 1 amide bonds. The van der Waals surface area contributed by atoms with Crippen molar-refractivity contribution in [2.24, 2.45) is 0 Å². The average molecular weight is 370 g/mol. The van der Waals surface area contributed by atoms with Crippen molar-refractivity contribution in [2.75, 3.05) is 10.7 Å². The van der Waals surface area contributed by atoms with Gasteiger partial charge in [0.2, 0.25) is 5.91 Å². The van der Waals surface area contributed by atoms with Gasteiger partial charge < -0.3 is 0 Å². The van der Waals surface area contributed by atoms with Gasteiger partial charge in [-0.15, -0.1) is 11.8 Å². The third-order valence-electron chi connectivity index (χ3n) is 3.19. The first-order valence-electron chi connectivity index (χ1n) is 6.20. The maximum absolute atomic E-state index is 14.0. The summed E-state index contributed by atoms with van der Waals surface area (Å²) in [4.78, 5) is 13.5. The van der Waals surface area contributed by atoms with E-state index in [4.69, 9.17) is 0 Å². The largest absolute Gasteiger partial charge is 0.292 e. The van der Waals surface area contributed by atoms with E-state index >= 15 is 0 Å². The molecule has 0 aliphatic carbocycles. The van der Waals surface area contributed by atoms with E-state index in [1.807, 2.05) is 24.3 Å². The van der Waals surface area contributed by atoms with Gasteiger partial charge in [-0.1, -0.05) is 28.1 Å². The molecule has 1 unspecified atom stereocenters. The van der Waals surface area contributed by atoms with Crippen LogP contribution >= 0.6 is 27.7 Å². The number of nitrogens with zero attached hydrogens (tertiary/aromatic N) is 1. The molecule has 1 aliphatic heterocycles. The van der Waals surface area contributed by atoms with Gasteiger partial charge in [0.05, 0.1) is 11.4 Å². The van der Waals surface area contributed by atoms with Gasteiger partial charge in [0, 0.05) is 10.5 Å². The van der Waals surface area contributed by atoms with Crippen molar-refractivity contribution in [1.82, 2.24) is 0 Å². The molecule has 108 valence electrons. The maximum Gasteiger partial charge on any atom is 0.238 e. The summed E-state index contributed by atoms with van der Waals surface area (Å²) in [5.74, 6) is -1.29. The van der Waals surface area contributed by atoms with E-state index in [9.17, 15) is 13.6 Å². The molecule has 6 heteroatoms. The van der Waals surface area contributed by atoms with Crippen LogP contribution in [-0.2, 0) is 4.79 Å². The molecule has 2 nitrogen and oxygen atoms in total. The standard InChI is InChI=1S/C15H10BrF2NOS/c16-10-3-1-9(2-4-10)15-19(14(20)8-21-15)13-6-5-11(17)7-12(13)18/h1-7,15H,8H2. The summed E-state index contributed by atoms with van der Waals surface area (Å²) in [6.45, 7) is 0. The lowest BCUT2D eigenvalue weighted by molar-refractivity contribution is -0.115. The number of rotatable bonds is 2. The summed E-state index contributed by atoms with van der Waals surface area (Å²) in [5.41, 5.74) is 1.01. The number of benzene rings is 2. The molecule has 1 aliphatic rings. The zero-order valence-corrected chi connectivity index (χ0v) is 13.1. The van der Waals surface area contributed by atoms with Crippen LogP contribution in [0.15, 0.2) is 46.9 Å². The van der Waals surface area contributed by atoms with Crippen LogP contribution in [0.3, 0.4) is 0 Å². The molecule has 1 atom stereocenters. The Morgan fingerprint density at radius 2 is 1.86 bits per heavy atom. The van der Waals surface area contributed by atoms with E-state index in [0.717, 1.165) is 22.2 Å². The first-order valence-corrected chi connectivity index (χ1v) is 8.04. The van der Waals surface area contributed by atoms with Crippen molar-refractivity contribution >= 4 is 39.3 Å². The second kappa shape index (κ2) is 5.77. The van der Waals surface area contributed by atoms with Gasteiger partial charge in [-0.05, 0) is 29.8 Å². The van der Waals surface area contributed by atoms with Crippen LogP contribution in [-0.4, -0.2) is 11.7 Å². The van der Waals surface area contributed by atoms with E-state index in [-0.39, 0.29) is 22.7 Å². The second-order valence-corrected chi connectivity index (χ2v) is 6.56. The van der Waals surface area contributed by atoms with Gasteiger partial charge in [-0.25, -0.2) is 8.78 Å². The molecule has 0 aromatic heterocycles. The summed E-state index contributed by atoms with van der Waals surface area (Å²) in [6, 6.07) is 10.8. The van der Waals surface area contributed by atoms with Gasteiger partial charge in [0.25, 0.3) is 0 Å². The fraction of sp³-hybridized carbons (Fsp3) is 0.133.